The van der Waals surface area contributed by atoms with Gasteiger partial charge in [-0.25, -0.2) is 0 Å². The zero-order chi connectivity index (χ0) is 27.0. The van der Waals surface area contributed by atoms with E-state index in [4.69, 9.17) is 0 Å². The molecule has 0 nitrogen and oxygen atoms in total. The quantitative estimate of drug-likeness (QED) is 0.222. The topological polar surface area (TPSA) is 0 Å². The molecule has 190 valence electrons. The molecule has 0 aliphatic rings. The van der Waals surface area contributed by atoms with E-state index in [1.807, 2.05) is 0 Å². The van der Waals surface area contributed by atoms with Gasteiger partial charge in [-0.1, -0.05) is 135 Å². The minimum atomic E-state index is -0.0502. The Bertz CT molecular complexity index is 299. The van der Waals surface area contributed by atoms with E-state index < -0.39 is 0 Å². The van der Waals surface area contributed by atoms with Crippen molar-refractivity contribution < 1.29 is 0 Å². The molecule has 7 heteroatoms. The molecule has 0 N–H and O–H groups in total. The van der Waals surface area contributed by atoms with Crippen LogP contribution in [0, 0.1) is 0 Å². The van der Waals surface area contributed by atoms with Crippen molar-refractivity contribution in [3.05, 3.63) is 0 Å². The van der Waals surface area contributed by atoms with Crippen molar-refractivity contribution in [2.45, 2.75) is 160 Å². The summed E-state index contributed by atoms with van der Waals surface area (Å²) < 4.78 is 1.25. The SMILES string of the molecule is C[Si](C)C(C)(C)C.C[Si](C)C(C)(C)C.C[Si](C)C(C)(C)C.C[Si](C)C(C)(C)C.[Ge].[Ge][CH2][Ge]. The van der Waals surface area contributed by atoms with E-state index in [0.29, 0.717) is 20.2 Å². The van der Waals surface area contributed by atoms with Crippen LogP contribution in [-0.2, 0) is 0 Å². The van der Waals surface area contributed by atoms with Crippen molar-refractivity contribution in [2.75, 3.05) is 0 Å². The molecule has 14 radical (unpaired) electrons. The van der Waals surface area contributed by atoms with Crippen LogP contribution in [0.1, 0.15) is 83.1 Å². The maximum atomic E-state index is 2.35. The van der Waals surface area contributed by atoms with Gasteiger partial charge in [-0.3, -0.25) is 0 Å². The Morgan fingerprint density at radius 3 is 0.406 bits per heavy atom. The molecule has 0 unspecified atom stereocenters. The summed E-state index contributed by atoms with van der Waals surface area (Å²) in [5.41, 5.74) is 0. The second-order valence-corrected chi connectivity index (χ2v) is 31.8. The van der Waals surface area contributed by atoms with Gasteiger partial charge in [-0.05, 0) is 20.2 Å². The Hall–Kier alpha value is 2.50. The normalized spacial score (nSPS) is 11.8. The first kappa shape index (κ1) is 47.7. The van der Waals surface area contributed by atoms with Crippen LogP contribution in [0.4, 0.5) is 0 Å². The minimum absolute atomic E-state index is 0. The zero-order valence-corrected chi connectivity index (χ0v) is 36.5. The van der Waals surface area contributed by atoms with Crippen LogP contribution in [-0.4, -0.2) is 85.8 Å². The summed E-state index contributed by atoms with van der Waals surface area (Å²) in [4.78, 5) is 0. The first-order valence-electron chi connectivity index (χ1n) is 11.7. The van der Waals surface area contributed by atoms with E-state index in [1.54, 1.807) is 0 Å². The average molecular weight is 693 g/mol. The third-order valence-electron chi connectivity index (χ3n) is 6.00. The molecular formula is C25H62Ge3Si4. The summed E-state index contributed by atoms with van der Waals surface area (Å²) in [6, 6.07) is 0. The molecule has 0 amide bonds. The second-order valence-electron chi connectivity index (χ2n) is 13.2. The van der Waals surface area contributed by atoms with Gasteiger partial charge < -0.3 is 0 Å². The van der Waals surface area contributed by atoms with Gasteiger partial charge in [0.2, 0.25) is 0 Å². The van der Waals surface area contributed by atoms with Crippen LogP contribution < -0.4 is 0 Å². The predicted octanol–water partition coefficient (Wildman–Crippen LogP) is 9.48. The first-order chi connectivity index (χ1) is 13.2. The number of rotatable bonds is 0. The molecular weight excluding hydrogens is 630 g/mol. The predicted molar refractivity (Wildman–Crippen MR) is 171 cm³/mol. The van der Waals surface area contributed by atoms with Crippen molar-refractivity contribution in [1.82, 2.24) is 0 Å². The Morgan fingerprint density at radius 1 is 0.375 bits per heavy atom. The fourth-order valence-corrected chi connectivity index (χ4v) is 0. The number of hydrogen-bond acceptors (Lipinski definition) is 0. The number of hydrogen-bond donors (Lipinski definition) is 0. The molecule has 0 atom stereocenters. The molecule has 0 aliphatic heterocycles. The van der Waals surface area contributed by atoms with E-state index in [1.165, 1.54) is 4.09 Å². The summed E-state index contributed by atoms with van der Waals surface area (Å²) in [7, 11) is -0.201. The van der Waals surface area contributed by atoms with Gasteiger partial charge >= 0.3 is 37.1 Å². The van der Waals surface area contributed by atoms with E-state index in [-0.39, 0.29) is 52.8 Å². The van der Waals surface area contributed by atoms with E-state index >= 15 is 0 Å². The average Bonchev–Trinajstić information content (AvgIpc) is 2.45. The first-order valence-corrected chi connectivity index (χ1v) is 24.7. The molecule has 0 saturated heterocycles. The Labute approximate surface area is 243 Å². The van der Waals surface area contributed by atoms with Crippen molar-refractivity contribution in [2.24, 2.45) is 0 Å². The molecule has 0 aliphatic carbocycles. The van der Waals surface area contributed by atoms with E-state index in [9.17, 15) is 0 Å². The third-order valence-corrected chi connectivity index (χ3v) is 18.0. The molecule has 0 spiro atoms. The standard InChI is InChI=1S/4C6H15Si.CH2Ge2.Ge/c4*1-6(2,3)7(4)5;2-1-3;/h4*1-5H3;1H2;. The van der Waals surface area contributed by atoms with Gasteiger partial charge in [-0.2, -0.15) is 0 Å². The summed E-state index contributed by atoms with van der Waals surface area (Å²) in [5.74, 6) is 0. The molecule has 0 aromatic rings. The van der Waals surface area contributed by atoms with Crippen LogP contribution in [0.25, 0.3) is 0 Å². The molecule has 0 aromatic heterocycles. The summed E-state index contributed by atoms with van der Waals surface area (Å²) >= 11 is 4.25. The molecule has 32 heavy (non-hydrogen) atoms. The monoisotopic (exact) mass is 696 g/mol. The van der Waals surface area contributed by atoms with Crippen molar-refractivity contribution in [3.8, 4) is 0 Å². The Morgan fingerprint density at radius 2 is 0.406 bits per heavy atom. The molecule has 0 bridgehead atoms. The van der Waals surface area contributed by atoms with Gasteiger partial charge in [0.25, 0.3) is 0 Å². The molecule has 0 fully saturated rings. The third kappa shape index (κ3) is 45.9. The maximum absolute atomic E-state index is 2.35. The van der Waals surface area contributed by atoms with Crippen LogP contribution in [0.3, 0.4) is 0 Å². The van der Waals surface area contributed by atoms with Gasteiger partial charge in [0.05, 0.1) is 0 Å². The fourth-order valence-electron chi connectivity index (χ4n) is 0. The zero-order valence-electron chi connectivity index (χ0n) is 26.2. The Balaban J connectivity index is -0.0000000669. The van der Waals surface area contributed by atoms with Gasteiger partial charge in [0, 0.05) is 52.8 Å². The van der Waals surface area contributed by atoms with E-state index in [2.05, 4.69) is 168 Å². The van der Waals surface area contributed by atoms with Crippen molar-refractivity contribution >= 4 is 85.8 Å². The molecule has 0 aromatic carbocycles. The molecule has 0 saturated carbocycles. The summed E-state index contributed by atoms with van der Waals surface area (Å²) in [6.45, 7) is 46.5. The second kappa shape index (κ2) is 22.7. The summed E-state index contributed by atoms with van der Waals surface area (Å²) in [6.07, 6.45) is 0. The fraction of sp³-hybridized carbons (Fsp3) is 1.00. The van der Waals surface area contributed by atoms with Gasteiger partial charge in [-0.15, -0.1) is 0 Å². The molecule has 0 heterocycles. The Kier molecular flexibility index (Phi) is 33.8. The van der Waals surface area contributed by atoms with E-state index in [0.717, 1.165) is 0 Å². The molecule has 0 rings (SSSR count). The van der Waals surface area contributed by atoms with Crippen LogP contribution in [0.15, 0.2) is 0 Å². The van der Waals surface area contributed by atoms with Crippen LogP contribution in [0.5, 0.6) is 0 Å². The van der Waals surface area contributed by atoms with Crippen LogP contribution in [0.2, 0.25) is 76.6 Å². The van der Waals surface area contributed by atoms with Gasteiger partial charge in [0.1, 0.15) is 0 Å². The summed E-state index contributed by atoms with van der Waals surface area (Å²) in [5, 5.41) is 2.41. The van der Waals surface area contributed by atoms with Crippen molar-refractivity contribution in [1.29, 1.82) is 0 Å². The van der Waals surface area contributed by atoms with Crippen molar-refractivity contribution in [3.63, 3.8) is 0 Å². The van der Waals surface area contributed by atoms with Gasteiger partial charge in [0.15, 0.2) is 0 Å². The van der Waals surface area contributed by atoms with Crippen LogP contribution >= 0.6 is 0 Å².